The van der Waals surface area contributed by atoms with E-state index in [-0.39, 0.29) is 0 Å². The van der Waals surface area contributed by atoms with Crippen molar-refractivity contribution in [1.82, 2.24) is 19.8 Å². The Hall–Kier alpha value is -0.910. The van der Waals surface area contributed by atoms with E-state index in [4.69, 9.17) is 11.6 Å². The van der Waals surface area contributed by atoms with Crippen LogP contribution in [0.15, 0.2) is 6.07 Å². The number of rotatable bonds is 5. The fourth-order valence-corrected chi connectivity index (χ4v) is 2.33. The first-order valence-corrected chi connectivity index (χ1v) is 7.23. The van der Waals surface area contributed by atoms with Crippen molar-refractivity contribution in [3.63, 3.8) is 0 Å². The quantitative estimate of drug-likeness (QED) is 0.827. The maximum absolute atomic E-state index is 5.97. The molecule has 1 aromatic rings. The number of hydrogen-bond donors (Lipinski definition) is 1. The van der Waals surface area contributed by atoms with Gasteiger partial charge in [-0.3, -0.25) is 4.90 Å². The number of nitrogens with zero attached hydrogens (tertiary/aromatic N) is 4. The van der Waals surface area contributed by atoms with Gasteiger partial charge in [0.15, 0.2) is 0 Å². The zero-order valence-corrected chi connectivity index (χ0v) is 12.4. The summed E-state index contributed by atoms with van der Waals surface area (Å²) in [5, 5.41) is 3.84. The molecule has 0 amide bonds. The molecule has 0 aliphatic carbocycles. The molecule has 0 aromatic carbocycles. The molecule has 5 nitrogen and oxygen atoms in total. The van der Waals surface area contributed by atoms with Gasteiger partial charge >= 0.3 is 0 Å². The average molecular weight is 284 g/mol. The Labute approximate surface area is 120 Å². The van der Waals surface area contributed by atoms with E-state index in [0.29, 0.717) is 5.15 Å². The van der Waals surface area contributed by atoms with Crippen molar-refractivity contribution < 1.29 is 0 Å². The van der Waals surface area contributed by atoms with Crippen LogP contribution in [0.2, 0.25) is 5.15 Å². The smallest absolute Gasteiger partial charge is 0.134 e. The summed E-state index contributed by atoms with van der Waals surface area (Å²) in [6.45, 7) is 8.54. The van der Waals surface area contributed by atoms with Gasteiger partial charge in [0.2, 0.25) is 0 Å². The molecule has 1 aromatic heterocycles. The minimum absolute atomic E-state index is 0.508. The van der Waals surface area contributed by atoms with Crippen LogP contribution >= 0.6 is 11.6 Å². The predicted octanol–water partition coefficient (Wildman–Crippen LogP) is 1.35. The number of aryl methyl sites for hydroxylation is 1. The SMILES string of the molecule is CCc1nc(Cl)cc(NCCN2CCN(C)CC2)n1. The van der Waals surface area contributed by atoms with Crippen molar-refractivity contribution in [2.45, 2.75) is 13.3 Å². The number of halogens is 1. The summed E-state index contributed by atoms with van der Waals surface area (Å²) in [6, 6.07) is 1.78. The molecule has 0 atom stereocenters. The van der Waals surface area contributed by atoms with Gasteiger partial charge in [-0.15, -0.1) is 0 Å². The summed E-state index contributed by atoms with van der Waals surface area (Å²) < 4.78 is 0. The highest BCUT2D eigenvalue weighted by atomic mass is 35.5. The zero-order valence-electron chi connectivity index (χ0n) is 11.7. The number of likely N-dealkylation sites (N-methyl/N-ethyl adjacent to an activating group) is 1. The summed E-state index contributed by atoms with van der Waals surface area (Å²) in [6.07, 6.45) is 0.799. The molecule has 6 heteroatoms. The monoisotopic (exact) mass is 283 g/mol. The third kappa shape index (κ3) is 4.60. The second-order valence-electron chi connectivity index (χ2n) is 4.92. The molecule has 0 bridgehead atoms. The summed E-state index contributed by atoms with van der Waals surface area (Å²) in [5.41, 5.74) is 0. The van der Waals surface area contributed by atoms with Crippen molar-refractivity contribution in [2.75, 3.05) is 51.6 Å². The Balaban J connectivity index is 1.77. The van der Waals surface area contributed by atoms with Crippen LogP contribution < -0.4 is 5.32 Å². The lowest BCUT2D eigenvalue weighted by Crippen LogP contribution is -2.45. The zero-order chi connectivity index (χ0) is 13.7. The van der Waals surface area contributed by atoms with E-state index in [2.05, 4.69) is 32.1 Å². The second-order valence-corrected chi connectivity index (χ2v) is 5.30. The average Bonchev–Trinajstić information content (AvgIpc) is 2.40. The first-order valence-electron chi connectivity index (χ1n) is 6.85. The van der Waals surface area contributed by atoms with Gasteiger partial charge in [0, 0.05) is 51.8 Å². The molecule has 2 heterocycles. The minimum Gasteiger partial charge on any atom is -0.369 e. The largest absolute Gasteiger partial charge is 0.369 e. The van der Waals surface area contributed by atoms with Crippen molar-refractivity contribution in [3.05, 3.63) is 17.0 Å². The van der Waals surface area contributed by atoms with E-state index in [1.54, 1.807) is 6.07 Å². The predicted molar refractivity (Wildman–Crippen MR) is 78.8 cm³/mol. The summed E-state index contributed by atoms with van der Waals surface area (Å²) in [5.74, 6) is 1.61. The van der Waals surface area contributed by atoms with E-state index in [0.717, 1.165) is 57.3 Å². The minimum atomic E-state index is 0.508. The van der Waals surface area contributed by atoms with E-state index >= 15 is 0 Å². The van der Waals surface area contributed by atoms with Gasteiger partial charge < -0.3 is 10.2 Å². The molecule has 2 rings (SSSR count). The first kappa shape index (κ1) is 14.5. The highest BCUT2D eigenvalue weighted by Crippen LogP contribution is 2.11. The van der Waals surface area contributed by atoms with Crippen molar-refractivity contribution in [3.8, 4) is 0 Å². The molecule has 19 heavy (non-hydrogen) atoms. The van der Waals surface area contributed by atoms with Crippen LogP contribution in [0.5, 0.6) is 0 Å². The van der Waals surface area contributed by atoms with Crippen LogP contribution in [-0.2, 0) is 6.42 Å². The molecular weight excluding hydrogens is 262 g/mol. The Morgan fingerprint density at radius 1 is 1.26 bits per heavy atom. The van der Waals surface area contributed by atoms with Crippen LogP contribution in [0, 0.1) is 0 Å². The van der Waals surface area contributed by atoms with Crippen LogP contribution in [0.3, 0.4) is 0 Å². The molecule has 0 spiro atoms. The van der Waals surface area contributed by atoms with Gasteiger partial charge in [0.25, 0.3) is 0 Å². The van der Waals surface area contributed by atoms with Crippen LogP contribution in [0.4, 0.5) is 5.82 Å². The molecule has 0 saturated carbocycles. The molecule has 1 saturated heterocycles. The highest BCUT2D eigenvalue weighted by molar-refractivity contribution is 6.29. The molecule has 1 fully saturated rings. The Morgan fingerprint density at radius 3 is 2.68 bits per heavy atom. The first-order chi connectivity index (χ1) is 9.17. The number of anilines is 1. The maximum atomic E-state index is 5.97. The third-order valence-corrected chi connectivity index (χ3v) is 3.58. The summed E-state index contributed by atoms with van der Waals surface area (Å²) in [4.78, 5) is 13.4. The fourth-order valence-electron chi connectivity index (χ4n) is 2.13. The van der Waals surface area contributed by atoms with Crippen LogP contribution in [0.1, 0.15) is 12.7 Å². The van der Waals surface area contributed by atoms with Gasteiger partial charge in [-0.1, -0.05) is 18.5 Å². The van der Waals surface area contributed by atoms with Gasteiger partial charge in [0.05, 0.1) is 0 Å². The molecule has 1 aliphatic rings. The molecule has 0 unspecified atom stereocenters. The lowest BCUT2D eigenvalue weighted by molar-refractivity contribution is 0.158. The number of hydrogen-bond acceptors (Lipinski definition) is 5. The molecule has 1 aliphatic heterocycles. The van der Waals surface area contributed by atoms with Crippen LogP contribution in [-0.4, -0.2) is 66.1 Å². The number of nitrogens with one attached hydrogen (secondary N) is 1. The standard InChI is InChI=1S/C13H22ClN5/c1-3-12-16-11(14)10-13(17-12)15-4-5-19-8-6-18(2)7-9-19/h10H,3-9H2,1-2H3,(H,15,16,17). The van der Waals surface area contributed by atoms with E-state index < -0.39 is 0 Å². The van der Waals surface area contributed by atoms with Gasteiger partial charge in [0.1, 0.15) is 16.8 Å². The fraction of sp³-hybridized carbons (Fsp3) is 0.692. The number of piperazine rings is 1. The maximum Gasteiger partial charge on any atom is 0.134 e. The Morgan fingerprint density at radius 2 is 2.00 bits per heavy atom. The second kappa shape index (κ2) is 7.03. The number of aromatic nitrogens is 2. The summed E-state index contributed by atoms with van der Waals surface area (Å²) in [7, 11) is 2.17. The highest BCUT2D eigenvalue weighted by Gasteiger charge is 2.12. The normalized spacial score (nSPS) is 17.6. The molecular formula is C13H22ClN5. The van der Waals surface area contributed by atoms with Crippen molar-refractivity contribution in [1.29, 1.82) is 0 Å². The Bertz CT molecular complexity index is 404. The molecule has 106 valence electrons. The lowest BCUT2D eigenvalue weighted by Gasteiger charge is -2.32. The molecule has 1 N–H and O–H groups in total. The van der Waals surface area contributed by atoms with Crippen molar-refractivity contribution in [2.24, 2.45) is 0 Å². The van der Waals surface area contributed by atoms with Crippen LogP contribution in [0.25, 0.3) is 0 Å². The summed E-state index contributed by atoms with van der Waals surface area (Å²) >= 11 is 5.97. The molecule has 0 radical (unpaired) electrons. The van der Waals surface area contributed by atoms with Gasteiger partial charge in [-0.2, -0.15) is 0 Å². The lowest BCUT2D eigenvalue weighted by atomic mass is 10.3. The van der Waals surface area contributed by atoms with Crippen molar-refractivity contribution >= 4 is 17.4 Å². The van der Waals surface area contributed by atoms with Gasteiger partial charge in [-0.05, 0) is 7.05 Å². The third-order valence-electron chi connectivity index (χ3n) is 3.39. The van der Waals surface area contributed by atoms with E-state index in [1.165, 1.54) is 0 Å². The van der Waals surface area contributed by atoms with E-state index in [1.807, 2.05) is 6.92 Å². The topological polar surface area (TPSA) is 44.3 Å². The van der Waals surface area contributed by atoms with Gasteiger partial charge in [-0.25, -0.2) is 9.97 Å². The Kier molecular flexibility index (Phi) is 5.36. The van der Waals surface area contributed by atoms with E-state index in [9.17, 15) is 0 Å².